The van der Waals surface area contributed by atoms with Crippen molar-refractivity contribution < 1.29 is 29.5 Å². The third-order valence-corrected chi connectivity index (χ3v) is 7.09. The molecule has 0 amide bonds. The van der Waals surface area contributed by atoms with E-state index in [1.54, 1.807) is 25.3 Å². The number of rotatable bonds is 8. The van der Waals surface area contributed by atoms with E-state index in [2.05, 4.69) is 25.9 Å². The normalized spacial score (nSPS) is 19.1. The topological polar surface area (TPSA) is 136 Å². The van der Waals surface area contributed by atoms with Gasteiger partial charge in [-0.2, -0.15) is 4.98 Å². The van der Waals surface area contributed by atoms with Crippen molar-refractivity contribution in [3.63, 3.8) is 0 Å². The molecule has 10 nitrogen and oxygen atoms in total. The molecule has 5 rings (SSSR count). The highest BCUT2D eigenvalue weighted by Gasteiger charge is 2.35. The lowest BCUT2D eigenvalue weighted by atomic mass is 10.2. The number of aliphatic hydroxyl groups excluding tert-OH is 2. The smallest absolute Gasteiger partial charge is 0.352 e. The van der Waals surface area contributed by atoms with Crippen molar-refractivity contribution in [2.24, 2.45) is 0 Å². The molecular formula is C27H26BrN3O7. The van der Waals surface area contributed by atoms with Gasteiger partial charge in [-0.15, -0.1) is 0 Å². The highest BCUT2D eigenvalue weighted by atomic mass is 79.9. The molecule has 0 unspecified atom stereocenters. The standard InChI is InChI=1S/C27H26BrN3O7/c1-15-11-31(23-10-21(34)22(12-32)38-23)27(35)30-26(15)37-13-16-2-7-19(8-3-16)36-14-18-6-4-17-5-9-20(33)24(28)25(17)29-18/h2-9,11,21-23,32-34H,10,12-14H2,1H3/t21-,22+,23+/m0/s1. The predicted molar refractivity (Wildman–Crippen MR) is 141 cm³/mol. The number of aromatic nitrogens is 3. The molecule has 1 fully saturated rings. The maximum atomic E-state index is 12.5. The molecule has 1 saturated heterocycles. The number of ether oxygens (including phenoxy) is 3. The van der Waals surface area contributed by atoms with E-state index in [0.717, 1.165) is 16.6 Å². The maximum Gasteiger partial charge on any atom is 0.352 e. The van der Waals surface area contributed by atoms with Crippen LogP contribution in [0.1, 0.15) is 29.5 Å². The lowest BCUT2D eigenvalue weighted by molar-refractivity contribution is -0.0460. The van der Waals surface area contributed by atoms with Crippen molar-refractivity contribution in [2.45, 2.75) is 45.0 Å². The van der Waals surface area contributed by atoms with Crippen LogP contribution in [0.25, 0.3) is 10.9 Å². The van der Waals surface area contributed by atoms with Gasteiger partial charge in [-0.25, -0.2) is 9.78 Å². The van der Waals surface area contributed by atoms with Gasteiger partial charge in [0.25, 0.3) is 0 Å². The van der Waals surface area contributed by atoms with E-state index in [4.69, 9.17) is 14.2 Å². The van der Waals surface area contributed by atoms with E-state index in [0.29, 0.717) is 21.3 Å². The summed E-state index contributed by atoms with van der Waals surface area (Å²) >= 11 is 3.37. The van der Waals surface area contributed by atoms with Crippen LogP contribution in [0.2, 0.25) is 0 Å². The van der Waals surface area contributed by atoms with Crippen LogP contribution in [0.5, 0.6) is 17.4 Å². The molecule has 0 bridgehead atoms. The third kappa shape index (κ3) is 5.51. The molecule has 0 spiro atoms. The van der Waals surface area contributed by atoms with Gasteiger partial charge in [-0.3, -0.25) is 4.57 Å². The maximum absolute atomic E-state index is 12.5. The highest BCUT2D eigenvalue weighted by molar-refractivity contribution is 9.10. The first kappa shape index (κ1) is 26.1. The van der Waals surface area contributed by atoms with Gasteiger partial charge in [0.2, 0.25) is 5.88 Å². The molecule has 4 aromatic rings. The van der Waals surface area contributed by atoms with Gasteiger partial charge in [0, 0.05) is 23.6 Å². The zero-order valence-electron chi connectivity index (χ0n) is 20.5. The molecule has 2 aromatic heterocycles. The lowest BCUT2D eigenvalue weighted by Crippen LogP contribution is -2.28. The number of pyridine rings is 1. The minimum absolute atomic E-state index is 0.131. The van der Waals surface area contributed by atoms with Gasteiger partial charge in [-0.05, 0) is 58.7 Å². The lowest BCUT2D eigenvalue weighted by Gasteiger charge is -2.16. The summed E-state index contributed by atoms with van der Waals surface area (Å²) < 4.78 is 19.1. The van der Waals surface area contributed by atoms with Crippen molar-refractivity contribution in [3.8, 4) is 17.4 Å². The Morgan fingerprint density at radius 3 is 2.58 bits per heavy atom. The van der Waals surface area contributed by atoms with Crippen molar-refractivity contribution >= 4 is 26.8 Å². The van der Waals surface area contributed by atoms with Crippen LogP contribution in [-0.2, 0) is 18.0 Å². The number of halogens is 1. The number of hydrogen-bond acceptors (Lipinski definition) is 9. The van der Waals surface area contributed by atoms with Crippen LogP contribution < -0.4 is 15.2 Å². The summed E-state index contributed by atoms with van der Waals surface area (Å²) in [6.07, 6.45) is -0.490. The van der Waals surface area contributed by atoms with Gasteiger partial charge in [0.05, 0.1) is 28.4 Å². The number of aliphatic hydroxyl groups is 2. The fourth-order valence-corrected chi connectivity index (χ4v) is 4.66. The third-order valence-electron chi connectivity index (χ3n) is 6.31. The van der Waals surface area contributed by atoms with Gasteiger partial charge in [0.1, 0.15) is 37.0 Å². The zero-order valence-corrected chi connectivity index (χ0v) is 22.0. The van der Waals surface area contributed by atoms with E-state index in [1.165, 1.54) is 4.57 Å². The van der Waals surface area contributed by atoms with E-state index in [-0.39, 0.29) is 37.9 Å². The van der Waals surface area contributed by atoms with Crippen LogP contribution >= 0.6 is 15.9 Å². The average molecular weight is 584 g/mol. The number of benzene rings is 2. The number of nitrogens with zero attached hydrogens (tertiary/aromatic N) is 3. The number of fused-ring (bicyclic) bond motifs is 1. The van der Waals surface area contributed by atoms with Gasteiger partial charge in [0.15, 0.2) is 0 Å². The van der Waals surface area contributed by atoms with E-state index >= 15 is 0 Å². The Hall–Kier alpha value is -3.51. The Bertz CT molecular complexity index is 1510. The predicted octanol–water partition coefficient (Wildman–Crippen LogP) is 3.37. The molecule has 2 aromatic carbocycles. The fraction of sp³-hybridized carbons (Fsp3) is 0.296. The van der Waals surface area contributed by atoms with Crippen LogP contribution in [0.15, 0.2) is 64.0 Å². The van der Waals surface area contributed by atoms with E-state index < -0.39 is 24.1 Å². The molecule has 1 aliphatic heterocycles. The summed E-state index contributed by atoms with van der Waals surface area (Å²) in [5.74, 6) is 0.997. The first-order chi connectivity index (χ1) is 18.3. The second-order valence-corrected chi connectivity index (χ2v) is 9.82. The quantitative estimate of drug-likeness (QED) is 0.285. The first-order valence-electron chi connectivity index (χ1n) is 12.0. The number of hydrogen-bond donors (Lipinski definition) is 3. The first-order valence-corrected chi connectivity index (χ1v) is 12.8. The molecule has 3 N–H and O–H groups in total. The van der Waals surface area contributed by atoms with Crippen LogP contribution in [0.3, 0.4) is 0 Å². The molecule has 3 atom stereocenters. The van der Waals surface area contributed by atoms with E-state index in [1.807, 2.05) is 36.4 Å². The van der Waals surface area contributed by atoms with Crippen molar-refractivity contribution in [1.82, 2.24) is 14.5 Å². The van der Waals surface area contributed by atoms with Gasteiger partial charge >= 0.3 is 5.69 Å². The molecule has 1 aliphatic rings. The molecule has 3 heterocycles. The molecule has 198 valence electrons. The Morgan fingerprint density at radius 1 is 1.08 bits per heavy atom. The number of phenolic OH excluding ortho intramolecular Hbond substituents is 1. The summed E-state index contributed by atoms with van der Waals surface area (Å²) in [7, 11) is 0. The number of aryl methyl sites for hydroxylation is 1. The molecule has 38 heavy (non-hydrogen) atoms. The number of aromatic hydroxyl groups is 1. The zero-order chi connectivity index (χ0) is 26.8. The van der Waals surface area contributed by atoms with Crippen molar-refractivity contribution in [3.05, 3.63) is 86.5 Å². The van der Waals surface area contributed by atoms with Crippen molar-refractivity contribution in [2.75, 3.05) is 6.61 Å². The molecule has 11 heteroatoms. The second-order valence-electron chi connectivity index (χ2n) is 9.03. The highest BCUT2D eigenvalue weighted by Crippen LogP contribution is 2.31. The molecule has 0 saturated carbocycles. The molecule has 0 radical (unpaired) electrons. The van der Waals surface area contributed by atoms with Gasteiger partial charge < -0.3 is 29.5 Å². The summed E-state index contributed by atoms with van der Waals surface area (Å²) in [6, 6.07) is 14.6. The Morgan fingerprint density at radius 2 is 1.84 bits per heavy atom. The second kappa shape index (κ2) is 11.1. The average Bonchev–Trinajstić information content (AvgIpc) is 3.30. The number of phenols is 1. The Balaban J connectivity index is 1.19. The molecule has 0 aliphatic carbocycles. The summed E-state index contributed by atoms with van der Waals surface area (Å²) in [5.41, 5.74) is 2.32. The van der Waals surface area contributed by atoms with Crippen LogP contribution in [0.4, 0.5) is 0 Å². The Labute approximate surface area is 226 Å². The van der Waals surface area contributed by atoms with Crippen molar-refractivity contribution in [1.29, 1.82) is 0 Å². The minimum Gasteiger partial charge on any atom is -0.507 e. The molecular weight excluding hydrogens is 558 g/mol. The monoisotopic (exact) mass is 583 g/mol. The Kier molecular flexibility index (Phi) is 7.61. The van der Waals surface area contributed by atoms with E-state index in [9.17, 15) is 20.1 Å². The van der Waals surface area contributed by atoms with Crippen LogP contribution in [0, 0.1) is 6.92 Å². The van der Waals surface area contributed by atoms with Gasteiger partial charge in [-0.1, -0.05) is 18.2 Å². The minimum atomic E-state index is -0.847. The summed E-state index contributed by atoms with van der Waals surface area (Å²) in [4.78, 5) is 21.1. The largest absolute Gasteiger partial charge is 0.507 e. The SMILES string of the molecule is Cc1cn([C@H]2C[C@H](O)[C@@H](CO)O2)c(=O)nc1OCc1ccc(OCc2ccc3ccc(O)c(Br)c3n2)cc1. The fourth-order valence-electron chi connectivity index (χ4n) is 4.21. The summed E-state index contributed by atoms with van der Waals surface area (Å²) in [6.45, 7) is 1.90. The van der Waals surface area contributed by atoms with Crippen LogP contribution in [-0.4, -0.2) is 48.7 Å². The summed E-state index contributed by atoms with van der Waals surface area (Å²) in [5, 5.41) is 30.0.